The molecule has 0 saturated carbocycles. The topological polar surface area (TPSA) is 13.0 Å². The van der Waals surface area contributed by atoms with Gasteiger partial charge < -0.3 is 14.7 Å². The second-order valence-corrected chi connectivity index (χ2v) is 7.29. The minimum absolute atomic E-state index is 0.857. The second-order valence-electron chi connectivity index (χ2n) is 7.29. The van der Waals surface area contributed by atoms with Crippen LogP contribution in [0.3, 0.4) is 0 Å². The van der Waals surface area contributed by atoms with E-state index in [1.807, 2.05) is 0 Å². The zero-order valence-electron chi connectivity index (χ0n) is 13.4. The average Bonchev–Trinajstić information content (AvgIpc) is 2.44. The molecule has 20 heavy (non-hydrogen) atoms. The van der Waals surface area contributed by atoms with Gasteiger partial charge in [-0.25, -0.2) is 0 Å². The van der Waals surface area contributed by atoms with E-state index in [1.165, 1.54) is 78.2 Å². The summed E-state index contributed by atoms with van der Waals surface area (Å²) in [5.74, 6) is 0.990. The molecule has 0 aromatic carbocycles. The maximum Gasteiger partial charge on any atom is 0.0351 e. The van der Waals surface area contributed by atoms with Gasteiger partial charge in [0.05, 0.1) is 0 Å². The average molecular weight is 280 g/mol. The van der Waals surface area contributed by atoms with Crippen LogP contribution in [0.2, 0.25) is 0 Å². The van der Waals surface area contributed by atoms with Crippen LogP contribution in [0.1, 0.15) is 19.3 Å². The molecule has 0 atom stereocenters. The SMILES string of the molecule is CN1CCC(CCN2CCN(C3CN(C)C3)CC2)CC1. The van der Waals surface area contributed by atoms with E-state index < -0.39 is 0 Å². The van der Waals surface area contributed by atoms with Crippen molar-refractivity contribution in [3.05, 3.63) is 0 Å². The highest BCUT2D eigenvalue weighted by Crippen LogP contribution is 2.21. The fourth-order valence-electron chi connectivity index (χ4n) is 3.96. The van der Waals surface area contributed by atoms with E-state index in [9.17, 15) is 0 Å². The first-order valence-corrected chi connectivity index (χ1v) is 8.54. The fourth-order valence-corrected chi connectivity index (χ4v) is 3.96. The molecule has 0 amide bonds. The minimum atomic E-state index is 0.857. The highest BCUT2D eigenvalue weighted by Gasteiger charge is 2.31. The molecule has 0 spiro atoms. The summed E-state index contributed by atoms with van der Waals surface area (Å²) in [6, 6.07) is 0.857. The van der Waals surface area contributed by atoms with Crippen molar-refractivity contribution >= 4 is 0 Å². The van der Waals surface area contributed by atoms with Crippen LogP contribution >= 0.6 is 0 Å². The molecular weight excluding hydrogens is 248 g/mol. The number of piperidine rings is 1. The number of hydrogen-bond acceptors (Lipinski definition) is 4. The maximum absolute atomic E-state index is 2.71. The van der Waals surface area contributed by atoms with Gasteiger partial charge in [0.1, 0.15) is 0 Å². The lowest BCUT2D eigenvalue weighted by Crippen LogP contribution is -2.61. The van der Waals surface area contributed by atoms with Crippen molar-refractivity contribution in [2.75, 3.05) is 73.0 Å². The van der Waals surface area contributed by atoms with Gasteiger partial charge in [-0.2, -0.15) is 0 Å². The summed E-state index contributed by atoms with van der Waals surface area (Å²) in [4.78, 5) is 10.3. The van der Waals surface area contributed by atoms with Crippen LogP contribution in [0, 0.1) is 5.92 Å². The van der Waals surface area contributed by atoms with Crippen molar-refractivity contribution in [1.82, 2.24) is 19.6 Å². The van der Waals surface area contributed by atoms with Gasteiger partial charge in [-0.05, 0) is 58.9 Å². The molecule has 3 aliphatic heterocycles. The van der Waals surface area contributed by atoms with Gasteiger partial charge in [0.2, 0.25) is 0 Å². The van der Waals surface area contributed by atoms with Gasteiger partial charge in [-0.1, -0.05) is 0 Å². The van der Waals surface area contributed by atoms with Gasteiger partial charge in [0.25, 0.3) is 0 Å². The predicted octanol–water partition coefficient (Wildman–Crippen LogP) is 0.650. The molecule has 3 aliphatic rings. The quantitative estimate of drug-likeness (QED) is 0.749. The molecule has 3 saturated heterocycles. The van der Waals surface area contributed by atoms with E-state index >= 15 is 0 Å². The first-order valence-electron chi connectivity index (χ1n) is 8.54. The lowest BCUT2D eigenvalue weighted by atomic mass is 9.93. The predicted molar refractivity (Wildman–Crippen MR) is 84.1 cm³/mol. The van der Waals surface area contributed by atoms with Crippen LogP contribution in [0.25, 0.3) is 0 Å². The molecule has 0 unspecified atom stereocenters. The molecule has 4 nitrogen and oxygen atoms in total. The Balaban J connectivity index is 1.30. The molecule has 0 N–H and O–H groups in total. The lowest BCUT2D eigenvalue weighted by Gasteiger charge is -2.47. The van der Waals surface area contributed by atoms with Crippen molar-refractivity contribution in [1.29, 1.82) is 0 Å². The number of likely N-dealkylation sites (N-methyl/N-ethyl adjacent to an activating group) is 1. The van der Waals surface area contributed by atoms with E-state index in [-0.39, 0.29) is 0 Å². The van der Waals surface area contributed by atoms with Crippen LogP contribution in [-0.4, -0.2) is 98.6 Å². The molecule has 0 bridgehead atoms. The lowest BCUT2D eigenvalue weighted by molar-refractivity contribution is 0.0162. The zero-order chi connectivity index (χ0) is 13.9. The highest BCUT2D eigenvalue weighted by atomic mass is 15.3. The Morgan fingerprint density at radius 3 is 2.05 bits per heavy atom. The maximum atomic E-state index is 2.71. The van der Waals surface area contributed by atoms with Crippen LogP contribution < -0.4 is 0 Å². The third-order valence-corrected chi connectivity index (χ3v) is 5.66. The summed E-state index contributed by atoms with van der Waals surface area (Å²) in [6.07, 6.45) is 4.27. The Bertz CT molecular complexity index is 287. The van der Waals surface area contributed by atoms with E-state index in [0.29, 0.717) is 0 Å². The van der Waals surface area contributed by atoms with Gasteiger partial charge in [0.15, 0.2) is 0 Å². The van der Waals surface area contributed by atoms with Crippen molar-refractivity contribution in [3.63, 3.8) is 0 Å². The highest BCUT2D eigenvalue weighted by molar-refractivity contribution is 4.88. The Morgan fingerprint density at radius 2 is 1.45 bits per heavy atom. The molecule has 0 aliphatic carbocycles. The molecule has 116 valence electrons. The molecule has 3 heterocycles. The van der Waals surface area contributed by atoms with Crippen molar-refractivity contribution in [3.8, 4) is 0 Å². The van der Waals surface area contributed by atoms with E-state index in [0.717, 1.165) is 12.0 Å². The number of piperazine rings is 1. The van der Waals surface area contributed by atoms with E-state index in [2.05, 4.69) is 33.7 Å². The molecule has 0 aromatic rings. The summed E-state index contributed by atoms with van der Waals surface area (Å²) in [5, 5.41) is 0. The summed E-state index contributed by atoms with van der Waals surface area (Å²) >= 11 is 0. The molecule has 3 fully saturated rings. The Morgan fingerprint density at radius 1 is 0.800 bits per heavy atom. The number of nitrogens with zero attached hydrogens (tertiary/aromatic N) is 4. The normalized spacial score (nSPS) is 29.7. The molecule has 0 aromatic heterocycles. The van der Waals surface area contributed by atoms with Gasteiger partial charge in [-0.15, -0.1) is 0 Å². The van der Waals surface area contributed by atoms with Gasteiger partial charge in [-0.3, -0.25) is 4.90 Å². The molecular formula is C16H32N4. The monoisotopic (exact) mass is 280 g/mol. The molecule has 3 rings (SSSR count). The fraction of sp³-hybridized carbons (Fsp3) is 1.00. The zero-order valence-corrected chi connectivity index (χ0v) is 13.4. The molecule has 0 radical (unpaired) electrons. The van der Waals surface area contributed by atoms with Crippen LogP contribution in [0.5, 0.6) is 0 Å². The van der Waals surface area contributed by atoms with Crippen molar-refractivity contribution in [2.45, 2.75) is 25.3 Å². The van der Waals surface area contributed by atoms with Crippen LogP contribution in [0.4, 0.5) is 0 Å². The Kier molecular flexibility index (Phi) is 4.97. The standard InChI is InChI=1S/C16H32N4/c1-17-6-3-15(4-7-17)5-8-19-9-11-20(12-10-19)16-13-18(2)14-16/h15-16H,3-14H2,1-2H3. The third-order valence-electron chi connectivity index (χ3n) is 5.66. The second kappa shape index (κ2) is 6.73. The number of likely N-dealkylation sites (tertiary alicyclic amines) is 2. The third kappa shape index (κ3) is 3.73. The summed E-state index contributed by atoms with van der Waals surface area (Å²) in [6.45, 7) is 11.7. The smallest absolute Gasteiger partial charge is 0.0351 e. The summed E-state index contributed by atoms with van der Waals surface area (Å²) < 4.78 is 0. The summed E-state index contributed by atoms with van der Waals surface area (Å²) in [5.41, 5.74) is 0. The first-order chi connectivity index (χ1) is 9.70. The minimum Gasteiger partial charge on any atom is -0.306 e. The van der Waals surface area contributed by atoms with Gasteiger partial charge >= 0.3 is 0 Å². The largest absolute Gasteiger partial charge is 0.306 e. The van der Waals surface area contributed by atoms with Gasteiger partial charge in [0, 0.05) is 45.3 Å². The Labute approximate surface area is 124 Å². The molecule has 4 heteroatoms. The Hall–Kier alpha value is -0.160. The van der Waals surface area contributed by atoms with Crippen molar-refractivity contribution in [2.24, 2.45) is 5.92 Å². The number of hydrogen-bond donors (Lipinski definition) is 0. The number of rotatable bonds is 4. The van der Waals surface area contributed by atoms with E-state index in [1.54, 1.807) is 0 Å². The first kappa shape index (κ1) is 14.8. The summed E-state index contributed by atoms with van der Waals surface area (Å²) in [7, 11) is 4.49. The van der Waals surface area contributed by atoms with Crippen LogP contribution in [0.15, 0.2) is 0 Å². The van der Waals surface area contributed by atoms with Crippen LogP contribution in [-0.2, 0) is 0 Å². The van der Waals surface area contributed by atoms with Crippen molar-refractivity contribution < 1.29 is 0 Å². The van der Waals surface area contributed by atoms with E-state index in [4.69, 9.17) is 0 Å².